The summed E-state index contributed by atoms with van der Waals surface area (Å²) in [5.41, 5.74) is 1.74. The highest BCUT2D eigenvalue weighted by Crippen LogP contribution is 2.33. The van der Waals surface area contributed by atoms with Crippen molar-refractivity contribution in [3.63, 3.8) is 0 Å². The minimum Gasteiger partial charge on any atom is -0.497 e. The van der Waals surface area contributed by atoms with Crippen LogP contribution in [0.5, 0.6) is 5.75 Å². The summed E-state index contributed by atoms with van der Waals surface area (Å²) in [7, 11) is 1.63. The lowest BCUT2D eigenvalue weighted by Crippen LogP contribution is -2.30. The zero-order valence-corrected chi connectivity index (χ0v) is 20.0. The molecule has 0 radical (unpaired) electrons. The van der Waals surface area contributed by atoms with E-state index < -0.39 is 0 Å². The Balaban J connectivity index is 1.61. The number of aromatic nitrogens is 2. The fourth-order valence-electron chi connectivity index (χ4n) is 3.47. The number of anilines is 1. The zero-order chi connectivity index (χ0) is 23.4. The van der Waals surface area contributed by atoms with Crippen molar-refractivity contribution in [1.29, 1.82) is 0 Å². The number of nitrogens with zero attached hydrogens (tertiary/aromatic N) is 3. The van der Waals surface area contributed by atoms with Crippen molar-refractivity contribution in [2.45, 2.75) is 19.8 Å². The Labute approximate surface area is 201 Å². The molecule has 1 amide bonds. The molecular formula is C24H24N4O3S2. The summed E-state index contributed by atoms with van der Waals surface area (Å²) >= 11 is 6.68. The van der Waals surface area contributed by atoms with Gasteiger partial charge in [0.15, 0.2) is 0 Å². The molecule has 2 aromatic heterocycles. The van der Waals surface area contributed by atoms with Gasteiger partial charge in [-0.05, 0) is 48.7 Å². The molecule has 1 N–H and O–H groups in total. The molecule has 3 aromatic rings. The Morgan fingerprint density at radius 1 is 1.18 bits per heavy atom. The first-order valence-corrected chi connectivity index (χ1v) is 11.9. The lowest BCUT2D eigenvalue weighted by molar-refractivity contribution is -0.122. The van der Waals surface area contributed by atoms with E-state index in [-0.39, 0.29) is 11.5 Å². The average molecular weight is 481 g/mol. The van der Waals surface area contributed by atoms with Crippen LogP contribution < -0.4 is 15.6 Å². The monoisotopic (exact) mass is 480 g/mol. The number of thiocarbonyl (C=S) groups is 1. The highest BCUT2D eigenvalue weighted by molar-refractivity contribution is 8.26. The Hall–Kier alpha value is -3.17. The van der Waals surface area contributed by atoms with Crippen LogP contribution in [-0.4, -0.2) is 44.7 Å². The summed E-state index contributed by atoms with van der Waals surface area (Å²) in [5.74, 6) is 1.06. The minimum absolute atomic E-state index is 0.197. The Morgan fingerprint density at radius 3 is 2.70 bits per heavy atom. The average Bonchev–Trinajstić information content (AvgIpc) is 3.10. The number of hydrogen-bond donors (Lipinski definition) is 1. The van der Waals surface area contributed by atoms with E-state index in [1.165, 1.54) is 16.2 Å². The molecule has 9 heteroatoms. The minimum atomic E-state index is -0.234. The normalized spacial score (nSPS) is 15.0. The van der Waals surface area contributed by atoms with Crippen LogP contribution in [0.1, 0.15) is 24.5 Å². The Kier molecular flexibility index (Phi) is 7.10. The van der Waals surface area contributed by atoms with Crippen molar-refractivity contribution in [2.24, 2.45) is 0 Å². The summed E-state index contributed by atoms with van der Waals surface area (Å²) in [6.45, 7) is 3.16. The summed E-state index contributed by atoms with van der Waals surface area (Å²) in [4.78, 5) is 32.9. The molecule has 1 fully saturated rings. The molecular weight excluding hydrogens is 456 g/mol. The van der Waals surface area contributed by atoms with Crippen LogP contribution in [0.3, 0.4) is 0 Å². The van der Waals surface area contributed by atoms with E-state index in [4.69, 9.17) is 17.0 Å². The van der Waals surface area contributed by atoms with Gasteiger partial charge in [-0.15, -0.1) is 0 Å². The molecule has 1 aromatic carbocycles. The maximum Gasteiger partial charge on any atom is 0.267 e. The SMILES string of the molecule is CCCNc1nc2ccccn2c(=O)c1/C=C1\SC(=S)N(CCc2ccc(OC)cc2)C1=O. The molecule has 4 rings (SSSR count). The first kappa shape index (κ1) is 23.0. The van der Waals surface area contributed by atoms with Crippen molar-refractivity contribution < 1.29 is 9.53 Å². The standard InChI is InChI=1S/C24H24N4O3S2/c1-3-12-25-21-18(22(29)27-13-5-4-6-20(27)26-21)15-19-23(30)28(24(32)33-19)14-11-16-7-9-17(31-2)10-8-16/h4-10,13,15,25H,3,11-12,14H2,1-2H3/b19-15-. The topological polar surface area (TPSA) is 75.9 Å². The second-order valence-electron chi connectivity index (χ2n) is 7.47. The molecule has 1 saturated heterocycles. The second-order valence-corrected chi connectivity index (χ2v) is 9.14. The molecule has 170 valence electrons. The first-order valence-electron chi connectivity index (χ1n) is 10.7. The number of benzene rings is 1. The molecule has 7 nitrogen and oxygen atoms in total. The van der Waals surface area contributed by atoms with Gasteiger partial charge in [0.05, 0.1) is 17.6 Å². The Bertz CT molecular complexity index is 1290. The molecule has 0 aliphatic carbocycles. The van der Waals surface area contributed by atoms with E-state index >= 15 is 0 Å². The van der Waals surface area contributed by atoms with Gasteiger partial charge in [-0.1, -0.05) is 49.1 Å². The fraction of sp³-hybridized carbons (Fsp3) is 0.250. The molecule has 1 aliphatic rings. The van der Waals surface area contributed by atoms with Crippen molar-refractivity contribution in [2.75, 3.05) is 25.5 Å². The van der Waals surface area contributed by atoms with E-state index in [2.05, 4.69) is 10.3 Å². The Morgan fingerprint density at radius 2 is 1.97 bits per heavy atom. The molecule has 0 saturated carbocycles. The molecule has 0 unspecified atom stereocenters. The van der Waals surface area contributed by atoms with Gasteiger partial charge < -0.3 is 10.1 Å². The lowest BCUT2D eigenvalue weighted by Gasteiger charge is -2.14. The highest BCUT2D eigenvalue weighted by atomic mass is 32.2. The number of thioether (sulfide) groups is 1. The molecule has 3 heterocycles. The van der Waals surface area contributed by atoms with Gasteiger partial charge >= 0.3 is 0 Å². The van der Waals surface area contributed by atoms with Gasteiger partial charge in [-0.2, -0.15) is 0 Å². The van der Waals surface area contributed by atoms with E-state index in [1.807, 2.05) is 37.3 Å². The van der Waals surface area contributed by atoms with Gasteiger partial charge in [-0.3, -0.25) is 18.9 Å². The molecule has 33 heavy (non-hydrogen) atoms. The highest BCUT2D eigenvalue weighted by Gasteiger charge is 2.32. The molecule has 0 atom stereocenters. The number of methoxy groups -OCH3 is 1. The van der Waals surface area contributed by atoms with E-state index in [0.717, 1.165) is 17.7 Å². The summed E-state index contributed by atoms with van der Waals surface area (Å²) in [6.07, 6.45) is 4.82. The number of carbonyl (C=O) groups is 1. The van der Waals surface area contributed by atoms with Gasteiger partial charge in [-0.25, -0.2) is 4.98 Å². The van der Waals surface area contributed by atoms with Gasteiger partial charge in [0, 0.05) is 19.3 Å². The van der Waals surface area contributed by atoms with E-state index in [9.17, 15) is 9.59 Å². The number of carbonyl (C=O) groups excluding carboxylic acids is 1. The van der Waals surface area contributed by atoms with Crippen LogP contribution in [0.4, 0.5) is 5.82 Å². The van der Waals surface area contributed by atoms with Crippen LogP contribution >= 0.6 is 24.0 Å². The van der Waals surface area contributed by atoms with Crippen LogP contribution in [0.15, 0.2) is 58.4 Å². The fourth-order valence-corrected chi connectivity index (χ4v) is 4.76. The summed E-state index contributed by atoms with van der Waals surface area (Å²) in [5, 5.41) is 3.22. The predicted octanol–water partition coefficient (Wildman–Crippen LogP) is 3.97. The third-order valence-corrected chi connectivity index (χ3v) is 6.62. The van der Waals surface area contributed by atoms with E-state index in [1.54, 1.807) is 36.4 Å². The number of pyridine rings is 1. The van der Waals surface area contributed by atoms with Crippen LogP contribution in [0.25, 0.3) is 11.7 Å². The summed E-state index contributed by atoms with van der Waals surface area (Å²) in [6, 6.07) is 13.1. The maximum atomic E-state index is 13.2. The van der Waals surface area contributed by atoms with Crippen LogP contribution in [-0.2, 0) is 11.2 Å². The second kappa shape index (κ2) is 10.2. The third-order valence-electron chi connectivity index (χ3n) is 5.24. The van der Waals surface area contributed by atoms with Gasteiger partial charge in [0.1, 0.15) is 21.5 Å². The van der Waals surface area contributed by atoms with Crippen molar-refractivity contribution >= 4 is 51.7 Å². The largest absolute Gasteiger partial charge is 0.497 e. The molecule has 1 aliphatic heterocycles. The number of amides is 1. The smallest absolute Gasteiger partial charge is 0.267 e. The molecule has 0 spiro atoms. The van der Waals surface area contributed by atoms with Crippen molar-refractivity contribution in [3.8, 4) is 5.75 Å². The number of rotatable bonds is 8. The quantitative estimate of drug-likeness (QED) is 0.386. The first-order chi connectivity index (χ1) is 16.0. The summed E-state index contributed by atoms with van der Waals surface area (Å²) < 4.78 is 7.15. The van der Waals surface area contributed by atoms with Crippen LogP contribution in [0.2, 0.25) is 0 Å². The van der Waals surface area contributed by atoms with Gasteiger partial charge in [0.2, 0.25) is 0 Å². The lowest BCUT2D eigenvalue weighted by atomic mass is 10.1. The van der Waals surface area contributed by atoms with E-state index in [0.29, 0.717) is 45.8 Å². The number of hydrogen-bond acceptors (Lipinski definition) is 7. The molecule has 0 bridgehead atoms. The number of fused-ring (bicyclic) bond motifs is 1. The van der Waals surface area contributed by atoms with Crippen LogP contribution in [0, 0.1) is 0 Å². The number of ether oxygens (including phenoxy) is 1. The number of nitrogens with one attached hydrogen (secondary N) is 1. The predicted molar refractivity (Wildman–Crippen MR) is 137 cm³/mol. The third kappa shape index (κ3) is 4.94. The van der Waals surface area contributed by atoms with Crippen molar-refractivity contribution in [3.05, 3.63) is 75.0 Å². The maximum absolute atomic E-state index is 13.2. The van der Waals surface area contributed by atoms with Gasteiger partial charge in [0.25, 0.3) is 11.5 Å². The van der Waals surface area contributed by atoms with Crippen molar-refractivity contribution in [1.82, 2.24) is 14.3 Å². The zero-order valence-electron chi connectivity index (χ0n) is 18.4.